The molecule has 0 amide bonds. The molecule has 21 heavy (non-hydrogen) atoms. The molecule has 1 heterocycles. The van der Waals surface area contributed by atoms with Crippen LogP contribution in [0.5, 0.6) is 0 Å². The number of benzene rings is 1. The largest absolute Gasteiger partial charge is 0.458 e. The van der Waals surface area contributed by atoms with E-state index < -0.39 is 0 Å². The molecule has 0 spiro atoms. The van der Waals surface area contributed by atoms with E-state index in [0.717, 1.165) is 24.0 Å². The van der Waals surface area contributed by atoms with E-state index in [-0.39, 0.29) is 11.4 Å². The number of unbranched alkanes of at least 4 members (excludes halogenated alkanes) is 2. The number of rotatable bonds is 4. The quantitative estimate of drug-likeness (QED) is 0.575. The molecule has 0 atom stereocenters. The molecule has 1 aliphatic rings. The fraction of sp³-hybridized carbons (Fsp3) is 0.526. The van der Waals surface area contributed by atoms with Gasteiger partial charge in [0, 0.05) is 6.08 Å². The highest BCUT2D eigenvalue weighted by Crippen LogP contribution is 2.32. The zero-order chi connectivity index (χ0) is 15.5. The number of carbonyl (C=O) groups is 1. The van der Waals surface area contributed by atoms with Gasteiger partial charge in [0.25, 0.3) is 0 Å². The Morgan fingerprint density at radius 2 is 1.95 bits per heavy atom. The smallest absolute Gasteiger partial charge is 0.331 e. The monoisotopic (exact) mass is 286 g/mol. The van der Waals surface area contributed by atoms with Gasteiger partial charge in [-0.2, -0.15) is 0 Å². The van der Waals surface area contributed by atoms with Crippen LogP contribution in [0.25, 0.3) is 5.57 Å². The molecule has 0 fully saturated rings. The Hall–Kier alpha value is -1.57. The van der Waals surface area contributed by atoms with Crippen LogP contribution in [0.2, 0.25) is 0 Å². The average molecular weight is 286 g/mol. The molecule has 1 aromatic carbocycles. The van der Waals surface area contributed by atoms with Gasteiger partial charge in [-0.25, -0.2) is 4.79 Å². The molecule has 0 aromatic heterocycles. The van der Waals surface area contributed by atoms with Crippen molar-refractivity contribution in [2.24, 2.45) is 0 Å². The summed E-state index contributed by atoms with van der Waals surface area (Å²) in [6.45, 7) is 9.22. The lowest BCUT2D eigenvalue weighted by atomic mass is 9.83. The van der Waals surface area contributed by atoms with Crippen molar-refractivity contribution in [1.82, 2.24) is 0 Å². The van der Waals surface area contributed by atoms with Crippen LogP contribution in [-0.2, 0) is 21.6 Å². The molecule has 2 rings (SSSR count). The van der Waals surface area contributed by atoms with Crippen molar-refractivity contribution in [3.05, 3.63) is 41.0 Å². The fourth-order valence-corrected chi connectivity index (χ4v) is 2.65. The van der Waals surface area contributed by atoms with E-state index in [0.29, 0.717) is 6.61 Å². The molecule has 1 aromatic rings. The third-order valence-electron chi connectivity index (χ3n) is 4.03. The number of esters is 1. The third kappa shape index (κ3) is 3.96. The lowest BCUT2D eigenvalue weighted by Gasteiger charge is -2.21. The van der Waals surface area contributed by atoms with E-state index in [1.807, 2.05) is 0 Å². The first-order chi connectivity index (χ1) is 9.91. The molecule has 1 aliphatic heterocycles. The molecule has 0 unspecified atom stereocenters. The molecule has 0 saturated carbocycles. The number of fused-ring (bicyclic) bond motifs is 1. The van der Waals surface area contributed by atoms with Crippen LogP contribution in [0, 0.1) is 0 Å². The fourth-order valence-electron chi connectivity index (χ4n) is 2.65. The Labute approximate surface area is 128 Å². The topological polar surface area (TPSA) is 26.3 Å². The van der Waals surface area contributed by atoms with Gasteiger partial charge in [-0.1, -0.05) is 58.7 Å². The van der Waals surface area contributed by atoms with Crippen LogP contribution in [0.15, 0.2) is 24.3 Å². The molecule has 2 heteroatoms. The van der Waals surface area contributed by atoms with Crippen molar-refractivity contribution in [3.8, 4) is 0 Å². The normalized spacial score (nSPS) is 15.0. The van der Waals surface area contributed by atoms with Gasteiger partial charge >= 0.3 is 5.97 Å². The highest BCUT2D eigenvalue weighted by molar-refractivity contribution is 5.93. The summed E-state index contributed by atoms with van der Waals surface area (Å²) in [5.41, 5.74) is 4.87. The number of ether oxygens (including phenoxy) is 1. The molecule has 0 radical (unpaired) electrons. The van der Waals surface area contributed by atoms with Gasteiger partial charge in [0.15, 0.2) is 0 Å². The van der Waals surface area contributed by atoms with Gasteiger partial charge in [0.2, 0.25) is 0 Å². The maximum Gasteiger partial charge on any atom is 0.331 e. The standard InChI is InChI=1S/C19H26O2/c1-5-6-7-8-14-11-18(20)21-13-15-9-10-16(12-17(14)15)19(2,3)4/h9-12H,5-8,13H2,1-4H3. The molecule has 0 aliphatic carbocycles. The van der Waals surface area contributed by atoms with E-state index in [9.17, 15) is 4.79 Å². The number of cyclic esters (lactones) is 1. The number of hydrogen-bond donors (Lipinski definition) is 0. The number of allylic oxidation sites excluding steroid dienone is 1. The Kier molecular flexibility index (Phi) is 4.87. The highest BCUT2D eigenvalue weighted by atomic mass is 16.5. The summed E-state index contributed by atoms with van der Waals surface area (Å²) in [6, 6.07) is 6.51. The van der Waals surface area contributed by atoms with E-state index in [1.54, 1.807) is 6.08 Å². The number of hydrogen-bond acceptors (Lipinski definition) is 2. The first kappa shape index (κ1) is 15.8. The summed E-state index contributed by atoms with van der Waals surface area (Å²) in [4.78, 5) is 11.8. The van der Waals surface area contributed by atoms with Crippen LogP contribution < -0.4 is 0 Å². The van der Waals surface area contributed by atoms with E-state index in [2.05, 4.69) is 45.9 Å². The minimum atomic E-state index is -0.213. The Balaban J connectivity index is 2.39. The minimum absolute atomic E-state index is 0.112. The maximum absolute atomic E-state index is 11.8. The van der Waals surface area contributed by atoms with Crippen LogP contribution >= 0.6 is 0 Å². The molecule has 0 bridgehead atoms. The van der Waals surface area contributed by atoms with Crippen LogP contribution in [0.3, 0.4) is 0 Å². The minimum Gasteiger partial charge on any atom is -0.458 e. The lowest BCUT2D eigenvalue weighted by molar-refractivity contribution is -0.138. The van der Waals surface area contributed by atoms with E-state index >= 15 is 0 Å². The highest BCUT2D eigenvalue weighted by Gasteiger charge is 2.20. The summed E-state index contributed by atoms with van der Waals surface area (Å²) in [5.74, 6) is -0.213. The third-order valence-corrected chi connectivity index (χ3v) is 4.03. The summed E-state index contributed by atoms with van der Waals surface area (Å²) >= 11 is 0. The summed E-state index contributed by atoms with van der Waals surface area (Å²) < 4.78 is 5.28. The Bertz CT molecular complexity index is 547. The van der Waals surface area contributed by atoms with Gasteiger partial charge in [-0.3, -0.25) is 0 Å². The van der Waals surface area contributed by atoms with Gasteiger partial charge in [-0.05, 0) is 40.5 Å². The van der Waals surface area contributed by atoms with Crippen molar-refractivity contribution < 1.29 is 9.53 Å². The first-order valence-electron chi connectivity index (χ1n) is 7.93. The summed E-state index contributed by atoms with van der Waals surface area (Å²) in [6.07, 6.45) is 6.14. The van der Waals surface area contributed by atoms with Crippen molar-refractivity contribution >= 4 is 11.5 Å². The molecule has 114 valence electrons. The maximum atomic E-state index is 11.8. The van der Waals surface area contributed by atoms with Crippen LogP contribution in [0.1, 0.15) is 70.1 Å². The SMILES string of the molecule is CCCCCC1=CC(=O)OCc2ccc(C(C)(C)C)cc21. The second-order valence-corrected chi connectivity index (χ2v) is 6.86. The zero-order valence-corrected chi connectivity index (χ0v) is 13.7. The molecule has 0 saturated heterocycles. The average Bonchev–Trinajstić information content (AvgIpc) is 2.58. The second-order valence-electron chi connectivity index (χ2n) is 6.86. The Morgan fingerprint density at radius 3 is 2.62 bits per heavy atom. The van der Waals surface area contributed by atoms with Crippen molar-refractivity contribution in [3.63, 3.8) is 0 Å². The van der Waals surface area contributed by atoms with Crippen molar-refractivity contribution in [2.75, 3.05) is 0 Å². The zero-order valence-electron chi connectivity index (χ0n) is 13.7. The molecule has 2 nitrogen and oxygen atoms in total. The molecular formula is C19H26O2. The van der Waals surface area contributed by atoms with Crippen LogP contribution in [0.4, 0.5) is 0 Å². The number of carbonyl (C=O) groups excluding carboxylic acids is 1. The predicted octanol–water partition coefficient (Wildman–Crippen LogP) is 5.00. The van der Waals surface area contributed by atoms with Crippen molar-refractivity contribution in [2.45, 2.75) is 65.4 Å². The summed E-state index contributed by atoms with van der Waals surface area (Å²) in [7, 11) is 0. The van der Waals surface area contributed by atoms with E-state index in [1.165, 1.54) is 24.0 Å². The van der Waals surface area contributed by atoms with Gasteiger partial charge < -0.3 is 4.74 Å². The van der Waals surface area contributed by atoms with Gasteiger partial charge in [-0.15, -0.1) is 0 Å². The first-order valence-corrected chi connectivity index (χ1v) is 7.93. The van der Waals surface area contributed by atoms with Crippen molar-refractivity contribution in [1.29, 1.82) is 0 Å². The summed E-state index contributed by atoms with van der Waals surface area (Å²) in [5, 5.41) is 0. The predicted molar refractivity (Wildman–Crippen MR) is 87.1 cm³/mol. The van der Waals surface area contributed by atoms with Crippen LogP contribution in [-0.4, -0.2) is 5.97 Å². The Morgan fingerprint density at radius 1 is 1.19 bits per heavy atom. The van der Waals surface area contributed by atoms with E-state index in [4.69, 9.17) is 4.74 Å². The van der Waals surface area contributed by atoms with Gasteiger partial charge in [0.1, 0.15) is 6.61 Å². The van der Waals surface area contributed by atoms with Gasteiger partial charge in [0.05, 0.1) is 0 Å². The lowest BCUT2D eigenvalue weighted by Crippen LogP contribution is -2.12. The molecule has 0 N–H and O–H groups in total. The second kappa shape index (κ2) is 6.46. The molecular weight excluding hydrogens is 260 g/mol.